The van der Waals surface area contributed by atoms with Crippen LogP contribution in [0.5, 0.6) is 0 Å². The Hall–Kier alpha value is -0.550. The topological polar surface area (TPSA) is 41.1 Å². The van der Waals surface area contributed by atoms with E-state index in [1.165, 1.54) is 0 Å². The van der Waals surface area contributed by atoms with Crippen LogP contribution < -0.4 is 10.6 Å². The molecule has 0 atom stereocenters. The lowest BCUT2D eigenvalue weighted by atomic mass is 9.77. The molecule has 0 aliphatic carbocycles. The minimum absolute atomic E-state index is 0.0417. The summed E-state index contributed by atoms with van der Waals surface area (Å²) in [7, 11) is 0. The standard InChI is InChI=1S/C10H16N2OS2/c1-3-5-10(6-4-2)7(13)11-9(15)12-8(10)14/h3-6H2,1-2H3,(H2,11,12,13,14,15). The van der Waals surface area contributed by atoms with Crippen molar-refractivity contribution in [3.63, 3.8) is 0 Å². The highest BCUT2D eigenvalue weighted by molar-refractivity contribution is 7.82. The lowest BCUT2D eigenvalue weighted by Crippen LogP contribution is -2.61. The highest BCUT2D eigenvalue weighted by atomic mass is 32.1. The van der Waals surface area contributed by atoms with Gasteiger partial charge >= 0.3 is 0 Å². The number of rotatable bonds is 4. The first-order chi connectivity index (χ1) is 7.06. The molecule has 84 valence electrons. The molecule has 2 N–H and O–H groups in total. The second-order valence-electron chi connectivity index (χ2n) is 3.82. The van der Waals surface area contributed by atoms with Crippen LogP contribution in [0.3, 0.4) is 0 Å². The predicted octanol–water partition coefficient (Wildman–Crippen LogP) is 1.90. The van der Waals surface area contributed by atoms with E-state index < -0.39 is 5.41 Å². The summed E-state index contributed by atoms with van der Waals surface area (Å²) in [5, 5.41) is 5.89. The van der Waals surface area contributed by atoms with Crippen molar-refractivity contribution >= 4 is 40.4 Å². The normalized spacial score (nSPS) is 19.7. The minimum atomic E-state index is -0.541. The van der Waals surface area contributed by atoms with Gasteiger partial charge in [0.05, 0.1) is 10.4 Å². The molecular weight excluding hydrogens is 228 g/mol. The summed E-state index contributed by atoms with van der Waals surface area (Å²) in [5.41, 5.74) is -0.541. The molecule has 0 aromatic carbocycles. The molecule has 3 nitrogen and oxygen atoms in total. The lowest BCUT2D eigenvalue weighted by Gasteiger charge is -2.37. The van der Waals surface area contributed by atoms with E-state index >= 15 is 0 Å². The van der Waals surface area contributed by atoms with Crippen LogP contribution in [-0.4, -0.2) is 16.0 Å². The fraction of sp³-hybridized carbons (Fsp3) is 0.700. The molecule has 0 unspecified atom stereocenters. The second kappa shape index (κ2) is 4.99. The van der Waals surface area contributed by atoms with Gasteiger partial charge in [-0.05, 0) is 25.1 Å². The molecule has 0 radical (unpaired) electrons. The molecule has 1 rings (SSSR count). The third-order valence-electron chi connectivity index (χ3n) is 2.68. The van der Waals surface area contributed by atoms with Gasteiger partial charge in [-0.15, -0.1) is 0 Å². The number of nitrogens with one attached hydrogen (secondary N) is 2. The van der Waals surface area contributed by atoms with E-state index in [1.54, 1.807) is 0 Å². The second-order valence-corrected chi connectivity index (χ2v) is 4.64. The Kier molecular flexibility index (Phi) is 4.16. The zero-order chi connectivity index (χ0) is 11.5. The fourth-order valence-corrected chi connectivity index (χ4v) is 2.67. The van der Waals surface area contributed by atoms with Crippen LogP contribution in [0.15, 0.2) is 0 Å². The molecule has 0 aromatic rings. The molecule has 5 heteroatoms. The largest absolute Gasteiger partial charge is 0.326 e. The van der Waals surface area contributed by atoms with Crippen molar-refractivity contribution < 1.29 is 4.79 Å². The molecule has 1 aliphatic rings. The third-order valence-corrected chi connectivity index (χ3v) is 3.37. The highest BCUT2D eigenvalue weighted by Crippen LogP contribution is 2.33. The van der Waals surface area contributed by atoms with E-state index in [1.807, 2.05) is 0 Å². The van der Waals surface area contributed by atoms with E-state index in [-0.39, 0.29) is 5.91 Å². The maximum Gasteiger partial charge on any atom is 0.239 e. The summed E-state index contributed by atoms with van der Waals surface area (Å²) in [6.07, 6.45) is 3.42. The van der Waals surface area contributed by atoms with Crippen molar-refractivity contribution in [2.24, 2.45) is 5.41 Å². The van der Waals surface area contributed by atoms with Crippen LogP contribution >= 0.6 is 24.4 Å². The number of hydrogen-bond donors (Lipinski definition) is 2. The molecule has 0 spiro atoms. The van der Waals surface area contributed by atoms with E-state index in [9.17, 15) is 4.79 Å². The molecule has 0 aromatic heterocycles. The number of carbonyl (C=O) groups is 1. The Bertz CT molecular complexity index is 274. The fourth-order valence-electron chi connectivity index (χ4n) is 2.01. The summed E-state index contributed by atoms with van der Waals surface area (Å²) >= 11 is 10.2. The summed E-state index contributed by atoms with van der Waals surface area (Å²) < 4.78 is 0. The maximum atomic E-state index is 12.0. The van der Waals surface area contributed by atoms with Crippen molar-refractivity contribution in [1.29, 1.82) is 0 Å². The molecule has 0 saturated carbocycles. The maximum absolute atomic E-state index is 12.0. The van der Waals surface area contributed by atoms with Crippen molar-refractivity contribution in [3.05, 3.63) is 0 Å². The zero-order valence-electron chi connectivity index (χ0n) is 9.05. The summed E-state index contributed by atoms with van der Waals surface area (Å²) in [5.74, 6) is -0.0417. The third kappa shape index (κ3) is 2.34. The van der Waals surface area contributed by atoms with Crippen molar-refractivity contribution in [3.8, 4) is 0 Å². The highest BCUT2D eigenvalue weighted by Gasteiger charge is 2.44. The molecule has 1 fully saturated rings. The van der Waals surface area contributed by atoms with Crippen LogP contribution in [0.25, 0.3) is 0 Å². The molecular formula is C10H16N2OS2. The quantitative estimate of drug-likeness (QED) is 0.741. The van der Waals surface area contributed by atoms with E-state index in [4.69, 9.17) is 24.4 Å². The van der Waals surface area contributed by atoms with Gasteiger partial charge in [0, 0.05) is 0 Å². The van der Waals surface area contributed by atoms with Crippen molar-refractivity contribution in [1.82, 2.24) is 10.6 Å². The van der Waals surface area contributed by atoms with Gasteiger partial charge in [0.25, 0.3) is 0 Å². The molecule has 1 heterocycles. The van der Waals surface area contributed by atoms with Gasteiger partial charge in [-0.1, -0.05) is 38.9 Å². The molecule has 1 amide bonds. The van der Waals surface area contributed by atoms with Gasteiger partial charge in [0.15, 0.2) is 5.11 Å². The first-order valence-corrected chi connectivity index (χ1v) is 6.05. The van der Waals surface area contributed by atoms with Gasteiger partial charge in [-0.25, -0.2) is 0 Å². The van der Waals surface area contributed by atoms with Gasteiger partial charge in [-0.3, -0.25) is 4.79 Å². The van der Waals surface area contributed by atoms with Crippen molar-refractivity contribution in [2.45, 2.75) is 39.5 Å². The van der Waals surface area contributed by atoms with E-state index in [0.717, 1.165) is 25.7 Å². The SMILES string of the molecule is CCCC1(CCC)C(=O)NC(=S)NC1=S. The Balaban J connectivity index is 2.97. The number of hydrogen-bond acceptors (Lipinski definition) is 3. The first-order valence-electron chi connectivity index (χ1n) is 5.23. The average Bonchev–Trinajstić information content (AvgIpc) is 2.14. The summed E-state index contributed by atoms with van der Waals surface area (Å²) in [6.45, 7) is 4.11. The van der Waals surface area contributed by atoms with E-state index in [2.05, 4.69) is 24.5 Å². The number of thiocarbonyl (C=S) groups is 2. The number of amides is 1. The first kappa shape index (κ1) is 12.5. The van der Waals surface area contributed by atoms with Crippen molar-refractivity contribution in [2.75, 3.05) is 0 Å². The van der Waals surface area contributed by atoms with Crippen LogP contribution in [0.1, 0.15) is 39.5 Å². The van der Waals surface area contributed by atoms with Crippen LogP contribution in [0.4, 0.5) is 0 Å². The Morgan fingerprint density at radius 3 is 2.07 bits per heavy atom. The lowest BCUT2D eigenvalue weighted by molar-refractivity contribution is -0.127. The molecule has 1 saturated heterocycles. The monoisotopic (exact) mass is 244 g/mol. The molecule has 1 aliphatic heterocycles. The Labute approximate surface area is 101 Å². The summed E-state index contributed by atoms with van der Waals surface area (Å²) in [6, 6.07) is 0. The molecule has 0 bridgehead atoms. The predicted molar refractivity (Wildman–Crippen MR) is 68.7 cm³/mol. The number of carbonyl (C=O) groups excluding carboxylic acids is 1. The van der Waals surface area contributed by atoms with Crippen LogP contribution in [0, 0.1) is 5.41 Å². The van der Waals surface area contributed by atoms with Gasteiger partial charge in [0.1, 0.15) is 0 Å². The Morgan fingerprint density at radius 2 is 1.67 bits per heavy atom. The smallest absolute Gasteiger partial charge is 0.239 e. The Morgan fingerprint density at radius 1 is 1.13 bits per heavy atom. The van der Waals surface area contributed by atoms with Gasteiger partial charge in [0.2, 0.25) is 5.91 Å². The molecule has 15 heavy (non-hydrogen) atoms. The minimum Gasteiger partial charge on any atom is -0.326 e. The van der Waals surface area contributed by atoms with Crippen LogP contribution in [0.2, 0.25) is 0 Å². The van der Waals surface area contributed by atoms with E-state index in [0.29, 0.717) is 10.1 Å². The van der Waals surface area contributed by atoms with Gasteiger partial charge in [-0.2, -0.15) is 0 Å². The zero-order valence-corrected chi connectivity index (χ0v) is 10.7. The summed E-state index contributed by atoms with van der Waals surface area (Å²) in [4.78, 5) is 12.6. The van der Waals surface area contributed by atoms with Gasteiger partial charge < -0.3 is 10.6 Å². The van der Waals surface area contributed by atoms with Crippen LogP contribution in [-0.2, 0) is 4.79 Å². The average molecular weight is 244 g/mol.